The van der Waals surface area contributed by atoms with E-state index in [-0.39, 0.29) is 11.4 Å². The molecular weight excluding hydrogens is 450 g/mol. The van der Waals surface area contributed by atoms with E-state index in [4.69, 9.17) is 9.88 Å². The number of carbonyl (C=O) groups is 3. The number of urea groups is 1. The van der Waals surface area contributed by atoms with Crippen LogP contribution >= 0.6 is 0 Å². The average Bonchev–Trinajstić information content (AvgIpc) is 3.27. The molecular formula is C21H23N5O6S. The Labute approximate surface area is 190 Å². The first-order valence-corrected chi connectivity index (χ1v) is 11.6. The molecule has 1 fully saturated rings. The van der Waals surface area contributed by atoms with Crippen LogP contribution in [0.4, 0.5) is 10.5 Å². The number of primary sulfonamides is 1. The second-order valence-corrected chi connectivity index (χ2v) is 9.53. The number of ether oxygens (including phenoxy) is 1. The van der Waals surface area contributed by atoms with Gasteiger partial charge >= 0.3 is 6.03 Å². The minimum Gasteiger partial charge on any atom is -0.497 e. The largest absolute Gasteiger partial charge is 0.497 e. The molecule has 0 aliphatic carbocycles. The molecule has 4 N–H and O–H groups in total. The smallest absolute Gasteiger partial charge is 0.344 e. The number of imide groups is 1. The predicted octanol–water partition coefficient (Wildman–Crippen LogP) is 0.204. The number of sulfonamides is 1. The molecule has 174 valence electrons. The van der Waals surface area contributed by atoms with Crippen molar-refractivity contribution in [2.45, 2.75) is 23.8 Å². The molecule has 0 radical (unpaired) electrons. The number of amides is 4. The number of nitrogens with one attached hydrogen (secondary N) is 2. The molecule has 2 aromatic carbocycles. The van der Waals surface area contributed by atoms with Crippen LogP contribution in [0.3, 0.4) is 0 Å². The van der Waals surface area contributed by atoms with E-state index < -0.39 is 33.4 Å². The van der Waals surface area contributed by atoms with Crippen molar-refractivity contribution in [3.8, 4) is 5.75 Å². The van der Waals surface area contributed by atoms with Crippen LogP contribution < -0.4 is 25.5 Å². The van der Waals surface area contributed by atoms with E-state index >= 15 is 0 Å². The lowest BCUT2D eigenvalue weighted by atomic mass is 9.92. The number of hydrogen-bond donors (Lipinski definition) is 3. The second-order valence-electron chi connectivity index (χ2n) is 7.97. The molecule has 0 aromatic heterocycles. The molecule has 12 heteroatoms. The summed E-state index contributed by atoms with van der Waals surface area (Å²) in [5, 5.41) is 8.46. The van der Waals surface area contributed by atoms with Crippen LogP contribution in [0.5, 0.6) is 5.75 Å². The number of carbonyl (C=O) groups excluding carboxylic acids is 3. The Balaban J connectivity index is 1.47. The number of methoxy groups -OCH3 is 1. The zero-order valence-electron chi connectivity index (χ0n) is 18.0. The lowest BCUT2D eigenvalue weighted by Gasteiger charge is -2.23. The zero-order chi connectivity index (χ0) is 24.0. The highest BCUT2D eigenvalue weighted by Gasteiger charge is 2.50. The van der Waals surface area contributed by atoms with E-state index in [2.05, 4.69) is 10.7 Å². The fourth-order valence-corrected chi connectivity index (χ4v) is 4.56. The average molecular weight is 474 g/mol. The minimum absolute atomic E-state index is 0.00344. The second kappa shape index (κ2) is 8.05. The van der Waals surface area contributed by atoms with Crippen LogP contribution in [0, 0.1) is 0 Å². The van der Waals surface area contributed by atoms with E-state index in [9.17, 15) is 22.8 Å². The molecule has 1 atom stereocenters. The van der Waals surface area contributed by atoms with Crippen molar-refractivity contribution < 1.29 is 27.5 Å². The van der Waals surface area contributed by atoms with Crippen molar-refractivity contribution in [1.82, 2.24) is 15.8 Å². The van der Waals surface area contributed by atoms with Gasteiger partial charge in [0.25, 0.3) is 11.8 Å². The van der Waals surface area contributed by atoms with Gasteiger partial charge < -0.3 is 15.0 Å². The quantitative estimate of drug-likeness (QED) is 0.507. The van der Waals surface area contributed by atoms with E-state index in [1.165, 1.54) is 19.2 Å². The van der Waals surface area contributed by atoms with Gasteiger partial charge in [-0.05, 0) is 54.8 Å². The van der Waals surface area contributed by atoms with Gasteiger partial charge in [0.1, 0.15) is 11.3 Å². The summed E-state index contributed by atoms with van der Waals surface area (Å²) in [5.41, 5.74) is 2.94. The molecule has 4 amide bonds. The molecule has 1 unspecified atom stereocenters. The normalized spacial score (nSPS) is 20.0. The van der Waals surface area contributed by atoms with E-state index in [1.807, 2.05) is 0 Å². The lowest BCUT2D eigenvalue weighted by Crippen LogP contribution is -2.50. The summed E-state index contributed by atoms with van der Waals surface area (Å²) in [6, 6.07) is 10.4. The molecule has 2 aliphatic heterocycles. The Bertz CT molecular complexity index is 1260. The number of fused-ring (bicyclic) bond motifs is 1. The van der Waals surface area contributed by atoms with Gasteiger partial charge in [-0.25, -0.2) is 18.4 Å². The standard InChI is InChI=1S/C21H23N5O6S/c1-21(14-4-3-5-15(11-14)32-2)19(28)26(20(29)23-21)24-18(27)12-25-9-8-13-10-16(33(22,30)31)6-7-17(13)25/h3-7,10-11H,8-9,12H2,1-2H3,(H,23,29)(H,24,27)(H2,22,30,31). The first kappa shape index (κ1) is 22.6. The fraction of sp³-hybridized carbons (Fsp3) is 0.286. The Hall–Kier alpha value is -3.64. The monoisotopic (exact) mass is 473 g/mol. The van der Waals surface area contributed by atoms with Crippen molar-refractivity contribution in [2.75, 3.05) is 25.1 Å². The number of benzene rings is 2. The number of rotatable bonds is 6. The van der Waals surface area contributed by atoms with Gasteiger partial charge in [0.15, 0.2) is 0 Å². The molecule has 33 heavy (non-hydrogen) atoms. The number of anilines is 1. The van der Waals surface area contributed by atoms with Crippen LogP contribution in [0.15, 0.2) is 47.4 Å². The van der Waals surface area contributed by atoms with Gasteiger partial charge in [-0.3, -0.25) is 15.0 Å². The molecule has 11 nitrogen and oxygen atoms in total. The van der Waals surface area contributed by atoms with Crippen molar-refractivity contribution in [2.24, 2.45) is 5.14 Å². The van der Waals surface area contributed by atoms with E-state index in [0.29, 0.717) is 35.0 Å². The van der Waals surface area contributed by atoms with Crippen molar-refractivity contribution in [3.63, 3.8) is 0 Å². The molecule has 1 saturated heterocycles. The van der Waals surface area contributed by atoms with Gasteiger partial charge in [0.2, 0.25) is 10.0 Å². The maximum Gasteiger partial charge on any atom is 0.344 e. The highest BCUT2D eigenvalue weighted by atomic mass is 32.2. The number of nitrogens with zero attached hydrogens (tertiary/aromatic N) is 2. The lowest BCUT2D eigenvalue weighted by molar-refractivity contribution is -0.138. The molecule has 0 bridgehead atoms. The van der Waals surface area contributed by atoms with Crippen molar-refractivity contribution in [3.05, 3.63) is 53.6 Å². The third-order valence-electron chi connectivity index (χ3n) is 5.78. The molecule has 0 spiro atoms. The number of hydrogen-bond acceptors (Lipinski definition) is 7. The topological polar surface area (TPSA) is 151 Å². The molecule has 2 heterocycles. The summed E-state index contributed by atoms with van der Waals surface area (Å²) in [6.45, 7) is 1.89. The van der Waals surface area contributed by atoms with Gasteiger partial charge in [0.05, 0.1) is 18.6 Å². The SMILES string of the molecule is COc1cccc(C2(C)NC(=O)N(NC(=O)CN3CCc4cc(S(N)(=O)=O)ccc43)C2=O)c1. The van der Waals surface area contributed by atoms with Gasteiger partial charge in [-0.1, -0.05) is 12.1 Å². The molecule has 4 rings (SSSR count). The Morgan fingerprint density at radius 1 is 1.24 bits per heavy atom. The third kappa shape index (κ3) is 4.10. The van der Waals surface area contributed by atoms with E-state index in [0.717, 1.165) is 5.56 Å². The maximum absolute atomic E-state index is 13.0. The predicted molar refractivity (Wildman–Crippen MR) is 118 cm³/mol. The van der Waals surface area contributed by atoms with Crippen molar-refractivity contribution in [1.29, 1.82) is 0 Å². The Morgan fingerprint density at radius 2 is 2.00 bits per heavy atom. The summed E-state index contributed by atoms with van der Waals surface area (Å²) >= 11 is 0. The fourth-order valence-electron chi connectivity index (χ4n) is 3.99. The van der Waals surface area contributed by atoms with Crippen LogP contribution in [-0.2, 0) is 31.6 Å². The maximum atomic E-state index is 13.0. The zero-order valence-corrected chi connectivity index (χ0v) is 18.8. The first-order chi connectivity index (χ1) is 15.5. The Kier molecular flexibility index (Phi) is 5.50. The van der Waals surface area contributed by atoms with Crippen LogP contribution in [-0.4, -0.2) is 51.5 Å². The summed E-state index contributed by atoms with van der Waals surface area (Å²) < 4.78 is 28.3. The summed E-state index contributed by atoms with van der Waals surface area (Å²) in [5.74, 6) is -0.679. The first-order valence-electron chi connectivity index (χ1n) is 10.0. The Morgan fingerprint density at radius 3 is 2.70 bits per heavy atom. The van der Waals surface area contributed by atoms with E-state index in [1.54, 1.807) is 42.2 Å². The summed E-state index contributed by atoms with van der Waals surface area (Å²) in [7, 11) is -2.33. The van der Waals surface area contributed by atoms with Crippen LogP contribution in [0.2, 0.25) is 0 Å². The highest BCUT2D eigenvalue weighted by Crippen LogP contribution is 2.31. The molecule has 2 aromatic rings. The molecule has 0 saturated carbocycles. The highest BCUT2D eigenvalue weighted by molar-refractivity contribution is 7.89. The van der Waals surface area contributed by atoms with Crippen molar-refractivity contribution >= 4 is 33.6 Å². The minimum atomic E-state index is -3.83. The number of hydrazine groups is 1. The van der Waals surface area contributed by atoms with Gasteiger partial charge in [-0.15, -0.1) is 0 Å². The van der Waals surface area contributed by atoms with Crippen LogP contribution in [0.1, 0.15) is 18.1 Å². The van der Waals surface area contributed by atoms with Gasteiger partial charge in [-0.2, -0.15) is 5.01 Å². The summed E-state index contributed by atoms with van der Waals surface area (Å²) in [6.07, 6.45) is 0.531. The third-order valence-corrected chi connectivity index (χ3v) is 6.69. The van der Waals surface area contributed by atoms with Gasteiger partial charge in [0, 0.05) is 12.2 Å². The summed E-state index contributed by atoms with van der Waals surface area (Å²) in [4.78, 5) is 39.9. The number of nitrogens with two attached hydrogens (primary N) is 1. The van der Waals surface area contributed by atoms with Crippen LogP contribution in [0.25, 0.3) is 0 Å². The molecule has 2 aliphatic rings.